The van der Waals surface area contributed by atoms with E-state index in [9.17, 15) is 0 Å². The summed E-state index contributed by atoms with van der Waals surface area (Å²) in [7, 11) is 0. The van der Waals surface area contributed by atoms with E-state index in [1.54, 1.807) is 0 Å². The van der Waals surface area contributed by atoms with Gasteiger partial charge in [0.25, 0.3) is 0 Å². The summed E-state index contributed by atoms with van der Waals surface area (Å²) in [6, 6.07) is 6.83. The SMILES string of the molecule is CCN(CC)C1CCOc2c(Br)cccc21. The Morgan fingerprint density at radius 1 is 1.38 bits per heavy atom. The largest absolute Gasteiger partial charge is 0.492 e. The van der Waals surface area contributed by atoms with Gasteiger partial charge in [-0.3, -0.25) is 4.90 Å². The number of benzene rings is 1. The van der Waals surface area contributed by atoms with Crippen LogP contribution in [-0.4, -0.2) is 24.6 Å². The maximum absolute atomic E-state index is 5.75. The first-order valence-electron chi connectivity index (χ1n) is 5.93. The van der Waals surface area contributed by atoms with Crippen LogP contribution in [0.2, 0.25) is 0 Å². The van der Waals surface area contributed by atoms with Crippen LogP contribution < -0.4 is 4.74 Å². The van der Waals surface area contributed by atoms with Gasteiger partial charge in [-0.1, -0.05) is 26.0 Å². The van der Waals surface area contributed by atoms with E-state index >= 15 is 0 Å². The predicted molar refractivity (Wildman–Crippen MR) is 69.9 cm³/mol. The highest BCUT2D eigenvalue weighted by Gasteiger charge is 2.26. The van der Waals surface area contributed by atoms with Crippen molar-refractivity contribution in [3.63, 3.8) is 0 Å². The van der Waals surface area contributed by atoms with E-state index in [-0.39, 0.29) is 0 Å². The molecule has 1 heterocycles. The van der Waals surface area contributed by atoms with E-state index < -0.39 is 0 Å². The first-order valence-corrected chi connectivity index (χ1v) is 6.72. The van der Waals surface area contributed by atoms with E-state index in [0.717, 1.165) is 36.3 Å². The molecule has 1 unspecified atom stereocenters. The zero-order valence-electron chi connectivity index (χ0n) is 9.87. The molecule has 2 rings (SSSR count). The van der Waals surface area contributed by atoms with Gasteiger partial charge in [-0.25, -0.2) is 0 Å². The Labute approximate surface area is 106 Å². The van der Waals surface area contributed by atoms with E-state index in [1.807, 2.05) is 6.07 Å². The summed E-state index contributed by atoms with van der Waals surface area (Å²) in [5.74, 6) is 1.03. The molecule has 1 aliphatic heterocycles. The average Bonchev–Trinajstić information content (AvgIpc) is 2.32. The fourth-order valence-corrected chi connectivity index (χ4v) is 2.91. The second kappa shape index (κ2) is 5.19. The normalized spacial score (nSPS) is 19.4. The minimum atomic E-state index is 0.510. The molecule has 1 aliphatic rings. The summed E-state index contributed by atoms with van der Waals surface area (Å²) in [5, 5.41) is 0. The lowest BCUT2D eigenvalue weighted by molar-refractivity contribution is 0.151. The van der Waals surface area contributed by atoms with Crippen LogP contribution in [0.15, 0.2) is 22.7 Å². The standard InChI is InChI=1S/C13H18BrNO/c1-3-15(4-2)12-8-9-16-13-10(12)6-5-7-11(13)14/h5-7,12H,3-4,8-9H2,1-2H3. The summed E-state index contributed by atoms with van der Waals surface area (Å²) in [4.78, 5) is 2.49. The van der Waals surface area contributed by atoms with Crippen molar-refractivity contribution in [2.24, 2.45) is 0 Å². The molecule has 1 atom stereocenters. The maximum atomic E-state index is 5.75. The fraction of sp³-hybridized carbons (Fsp3) is 0.538. The lowest BCUT2D eigenvalue weighted by atomic mass is 9.99. The summed E-state index contributed by atoms with van der Waals surface area (Å²) < 4.78 is 6.82. The minimum Gasteiger partial charge on any atom is -0.492 e. The van der Waals surface area contributed by atoms with Crippen LogP contribution in [0.3, 0.4) is 0 Å². The number of halogens is 1. The summed E-state index contributed by atoms with van der Waals surface area (Å²) >= 11 is 3.56. The minimum absolute atomic E-state index is 0.510. The number of ether oxygens (including phenoxy) is 1. The van der Waals surface area contributed by atoms with Gasteiger partial charge in [-0.15, -0.1) is 0 Å². The van der Waals surface area contributed by atoms with Gasteiger partial charge in [-0.2, -0.15) is 0 Å². The summed E-state index contributed by atoms with van der Waals surface area (Å²) in [6.45, 7) is 7.43. The number of fused-ring (bicyclic) bond motifs is 1. The highest BCUT2D eigenvalue weighted by Crippen LogP contribution is 2.40. The molecule has 16 heavy (non-hydrogen) atoms. The van der Waals surface area contributed by atoms with Crippen LogP contribution in [0, 0.1) is 0 Å². The lowest BCUT2D eigenvalue weighted by Crippen LogP contribution is -2.32. The molecule has 0 fully saturated rings. The molecule has 1 aromatic rings. The molecule has 0 saturated carbocycles. The summed E-state index contributed by atoms with van der Waals surface area (Å²) in [6.07, 6.45) is 1.09. The van der Waals surface area contributed by atoms with Crippen LogP contribution in [0.4, 0.5) is 0 Å². The van der Waals surface area contributed by atoms with Crippen LogP contribution in [0.5, 0.6) is 5.75 Å². The number of rotatable bonds is 3. The molecule has 0 amide bonds. The second-order valence-electron chi connectivity index (χ2n) is 4.03. The van der Waals surface area contributed by atoms with Gasteiger partial charge >= 0.3 is 0 Å². The number of nitrogens with zero attached hydrogens (tertiary/aromatic N) is 1. The lowest BCUT2D eigenvalue weighted by Gasteiger charge is -2.34. The molecule has 0 saturated heterocycles. The Morgan fingerprint density at radius 3 is 2.81 bits per heavy atom. The number of hydrogen-bond donors (Lipinski definition) is 0. The quantitative estimate of drug-likeness (QED) is 0.840. The Bertz CT molecular complexity index is 363. The monoisotopic (exact) mass is 283 g/mol. The Kier molecular flexibility index (Phi) is 3.87. The highest BCUT2D eigenvalue weighted by atomic mass is 79.9. The highest BCUT2D eigenvalue weighted by molar-refractivity contribution is 9.10. The zero-order chi connectivity index (χ0) is 11.5. The van der Waals surface area contributed by atoms with Crippen LogP contribution in [0.25, 0.3) is 0 Å². The van der Waals surface area contributed by atoms with Crippen molar-refractivity contribution in [2.45, 2.75) is 26.3 Å². The molecular weight excluding hydrogens is 266 g/mol. The number of hydrogen-bond acceptors (Lipinski definition) is 2. The van der Waals surface area contributed by atoms with Gasteiger partial charge in [0, 0.05) is 18.0 Å². The van der Waals surface area contributed by atoms with Gasteiger partial charge in [-0.05, 0) is 35.1 Å². The van der Waals surface area contributed by atoms with E-state index in [4.69, 9.17) is 4.74 Å². The maximum Gasteiger partial charge on any atom is 0.138 e. The van der Waals surface area contributed by atoms with Gasteiger partial charge in [0.15, 0.2) is 0 Å². The van der Waals surface area contributed by atoms with E-state index in [1.165, 1.54) is 5.56 Å². The molecule has 0 radical (unpaired) electrons. The van der Waals surface area contributed by atoms with Crippen LogP contribution in [0.1, 0.15) is 31.9 Å². The number of para-hydroxylation sites is 1. The van der Waals surface area contributed by atoms with Crippen LogP contribution >= 0.6 is 15.9 Å². The molecule has 0 aliphatic carbocycles. The molecule has 0 aromatic heterocycles. The first kappa shape index (κ1) is 11.9. The predicted octanol–water partition coefficient (Wildman–Crippen LogP) is 3.61. The Hall–Kier alpha value is -0.540. The van der Waals surface area contributed by atoms with Gasteiger partial charge in [0.05, 0.1) is 11.1 Å². The topological polar surface area (TPSA) is 12.5 Å². The van der Waals surface area contributed by atoms with Crippen molar-refractivity contribution in [1.82, 2.24) is 4.90 Å². The Balaban J connectivity index is 2.36. The molecule has 1 aromatic carbocycles. The van der Waals surface area contributed by atoms with Crippen molar-refractivity contribution in [1.29, 1.82) is 0 Å². The molecule has 3 heteroatoms. The average molecular weight is 284 g/mol. The molecule has 0 N–H and O–H groups in total. The van der Waals surface area contributed by atoms with Crippen molar-refractivity contribution in [3.8, 4) is 5.75 Å². The van der Waals surface area contributed by atoms with Gasteiger partial charge in [0.2, 0.25) is 0 Å². The van der Waals surface area contributed by atoms with Gasteiger partial charge in [0.1, 0.15) is 5.75 Å². The third-order valence-corrected chi connectivity index (χ3v) is 3.87. The third-order valence-electron chi connectivity index (χ3n) is 3.25. The molecule has 2 nitrogen and oxygen atoms in total. The molecular formula is C13H18BrNO. The Morgan fingerprint density at radius 2 is 2.12 bits per heavy atom. The van der Waals surface area contributed by atoms with E-state index in [2.05, 4.69) is 46.8 Å². The van der Waals surface area contributed by atoms with Crippen LogP contribution in [-0.2, 0) is 0 Å². The first-order chi connectivity index (χ1) is 7.77. The van der Waals surface area contributed by atoms with E-state index in [0.29, 0.717) is 6.04 Å². The molecule has 0 bridgehead atoms. The fourth-order valence-electron chi connectivity index (χ4n) is 2.41. The smallest absolute Gasteiger partial charge is 0.138 e. The van der Waals surface area contributed by atoms with Crippen molar-refractivity contribution in [3.05, 3.63) is 28.2 Å². The molecule has 0 spiro atoms. The van der Waals surface area contributed by atoms with Crippen molar-refractivity contribution >= 4 is 15.9 Å². The van der Waals surface area contributed by atoms with Crippen molar-refractivity contribution < 1.29 is 4.74 Å². The van der Waals surface area contributed by atoms with Crippen molar-refractivity contribution in [2.75, 3.05) is 19.7 Å². The zero-order valence-corrected chi connectivity index (χ0v) is 11.5. The summed E-state index contributed by atoms with van der Waals surface area (Å²) in [5.41, 5.74) is 1.32. The second-order valence-corrected chi connectivity index (χ2v) is 4.89. The molecule has 88 valence electrons. The third kappa shape index (κ3) is 2.11. The van der Waals surface area contributed by atoms with Gasteiger partial charge < -0.3 is 4.74 Å².